The second-order valence-electron chi connectivity index (χ2n) is 6.62. The first-order valence-electron chi connectivity index (χ1n) is 8.66. The van der Waals surface area contributed by atoms with Gasteiger partial charge >= 0.3 is 11.8 Å². The van der Waals surface area contributed by atoms with Crippen molar-refractivity contribution in [2.45, 2.75) is 13.0 Å². The molecule has 27 heavy (non-hydrogen) atoms. The first kappa shape index (κ1) is 18.7. The Hall–Kier alpha value is -3.06. The Labute approximate surface area is 158 Å². The van der Waals surface area contributed by atoms with Crippen LogP contribution in [0.2, 0.25) is 0 Å². The van der Waals surface area contributed by atoms with E-state index in [1.165, 1.54) is 5.56 Å². The van der Waals surface area contributed by atoms with Gasteiger partial charge in [0.15, 0.2) is 11.5 Å². The third-order valence-electron chi connectivity index (χ3n) is 4.38. The summed E-state index contributed by atoms with van der Waals surface area (Å²) >= 11 is 0. The molecule has 3 rings (SSSR count). The van der Waals surface area contributed by atoms with Gasteiger partial charge in [-0.3, -0.25) is 9.59 Å². The number of rotatable bonds is 5. The standard InChI is InChI=1S/C20H23N3O4/c1-13-4-6-14(7-5-13)16(23(2)3)11-21-19(24)20(25)22-15-8-9-17-18(10-15)27-12-26-17/h4-10,16H,11-12H2,1-3H3,(H,21,24)(H,22,25)/t16-/m1/s1. The summed E-state index contributed by atoms with van der Waals surface area (Å²) in [7, 11) is 3.87. The van der Waals surface area contributed by atoms with Crippen molar-refractivity contribution in [2.24, 2.45) is 0 Å². The van der Waals surface area contributed by atoms with Gasteiger partial charge in [0.2, 0.25) is 6.79 Å². The van der Waals surface area contributed by atoms with Crippen LogP contribution in [0.25, 0.3) is 0 Å². The van der Waals surface area contributed by atoms with Crippen LogP contribution in [0.1, 0.15) is 17.2 Å². The van der Waals surface area contributed by atoms with Crippen LogP contribution >= 0.6 is 0 Å². The number of hydrogen-bond acceptors (Lipinski definition) is 5. The van der Waals surface area contributed by atoms with Crippen LogP contribution < -0.4 is 20.1 Å². The molecule has 2 aromatic rings. The first-order chi connectivity index (χ1) is 12.9. The Bertz CT molecular complexity index is 834. The molecule has 2 N–H and O–H groups in total. The Morgan fingerprint density at radius 3 is 2.44 bits per heavy atom. The zero-order chi connectivity index (χ0) is 19.4. The minimum atomic E-state index is -0.727. The van der Waals surface area contributed by atoms with Crippen molar-refractivity contribution in [1.82, 2.24) is 10.2 Å². The fourth-order valence-electron chi connectivity index (χ4n) is 2.82. The summed E-state index contributed by atoms with van der Waals surface area (Å²) in [5.41, 5.74) is 2.72. The van der Waals surface area contributed by atoms with Crippen LogP contribution in [-0.2, 0) is 9.59 Å². The smallest absolute Gasteiger partial charge is 0.313 e. The number of nitrogens with one attached hydrogen (secondary N) is 2. The van der Waals surface area contributed by atoms with Gasteiger partial charge in [-0.25, -0.2) is 0 Å². The average Bonchev–Trinajstić information content (AvgIpc) is 3.10. The van der Waals surface area contributed by atoms with Gasteiger partial charge in [0.1, 0.15) is 0 Å². The number of aryl methyl sites for hydroxylation is 1. The molecule has 2 amide bonds. The predicted molar refractivity (Wildman–Crippen MR) is 102 cm³/mol. The normalized spacial score (nSPS) is 13.3. The largest absolute Gasteiger partial charge is 0.454 e. The van der Waals surface area contributed by atoms with Crippen molar-refractivity contribution in [1.29, 1.82) is 0 Å². The lowest BCUT2D eigenvalue weighted by atomic mass is 10.0. The monoisotopic (exact) mass is 369 g/mol. The van der Waals surface area contributed by atoms with Crippen LogP contribution in [0, 0.1) is 6.92 Å². The summed E-state index contributed by atoms with van der Waals surface area (Å²) in [6, 6.07) is 13.1. The number of ether oxygens (including phenoxy) is 2. The first-order valence-corrected chi connectivity index (χ1v) is 8.66. The van der Waals surface area contributed by atoms with E-state index in [1.807, 2.05) is 50.2 Å². The number of fused-ring (bicyclic) bond motifs is 1. The van der Waals surface area contributed by atoms with Crippen molar-refractivity contribution in [3.63, 3.8) is 0 Å². The lowest BCUT2D eigenvalue weighted by Gasteiger charge is -2.25. The summed E-state index contributed by atoms with van der Waals surface area (Å²) in [6.07, 6.45) is 0. The highest BCUT2D eigenvalue weighted by atomic mass is 16.7. The van der Waals surface area contributed by atoms with Gasteiger partial charge in [-0.2, -0.15) is 0 Å². The van der Waals surface area contributed by atoms with Gasteiger partial charge in [-0.05, 0) is 38.7 Å². The molecule has 7 heteroatoms. The minimum absolute atomic E-state index is 0.0344. The van der Waals surface area contributed by atoms with Gasteiger partial charge in [-0.1, -0.05) is 29.8 Å². The Balaban J connectivity index is 1.58. The Morgan fingerprint density at radius 1 is 1.04 bits per heavy atom. The van der Waals surface area contributed by atoms with Crippen molar-refractivity contribution in [3.8, 4) is 11.5 Å². The minimum Gasteiger partial charge on any atom is -0.454 e. The zero-order valence-electron chi connectivity index (χ0n) is 15.6. The van der Waals surface area contributed by atoms with Crippen molar-refractivity contribution in [3.05, 3.63) is 53.6 Å². The number of benzene rings is 2. The number of carbonyl (C=O) groups excluding carboxylic acids is 2. The Morgan fingerprint density at radius 2 is 1.74 bits per heavy atom. The molecule has 1 aliphatic heterocycles. The summed E-state index contributed by atoms with van der Waals surface area (Å²) in [6.45, 7) is 2.50. The molecule has 0 aromatic heterocycles. The number of carbonyl (C=O) groups is 2. The molecule has 0 spiro atoms. The molecule has 0 fully saturated rings. The third kappa shape index (κ3) is 4.57. The number of amides is 2. The van der Waals surface area contributed by atoms with E-state index < -0.39 is 11.8 Å². The number of nitrogens with zero attached hydrogens (tertiary/aromatic N) is 1. The summed E-state index contributed by atoms with van der Waals surface area (Å²) in [4.78, 5) is 26.4. The molecule has 0 saturated heterocycles. The lowest BCUT2D eigenvalue weighted by Crippen LogP contribution is -2.40. The average molecular weight is 369 g/mol. The maximum absolute atomic E-state index is 12.2. The maximum atomic E-state index is 12.2. The second kappa shape index (κ2) is 8.09. The highest BCUT2D eigenvalue weighted by Gasteiger charge is 2.20. The van der Waals surface area contributed by atoms with E-state index in [2.05, 4.69) is 10.6 Å². The van der Waals surface area contributed by atoms with Gasteiger partial charge in [0.25, 0.3) is 0 Å². The van der Waals surface area contributed by atoms with Crippen LogP contribution in [0.5, 0.6) is 11.5 Å². The van der Waals surface area contributed by atoms with E-state index in [0.717, 1.165) is 5.56 Å². The van der Waals surface area contributed by atoms with E-state index in [-0.39, 0.29) is 12.8 Å². The van der Waals surface area contributed by atoms with Crippen LogP contribution in [0.4, 0.5) is 5.69 Å². The summed E-state index contributed by atoms with van der Waals surface area (Å²) < 4.78 is 10.5. The molecule has 0 saturated carbocycles. The van der Waals surface area contributed by atoms with Gasteiger partial charge in [0.05, 0.1) is 6.04 Å². The molecule has 1 aliphatic rings. The van der Waals surface area contributed by atoms with E-state index in [1.54, 1.807) is 18.2 Å². The Kier molecular flexibility index (Phi) is 5.61. The van der Waals surface area contributed by atoms with Crippen molar-refractivity contribution >= 4 is 17.5 Å². The topological polar surface area (TPSA) is 79.9 Å². The molecule has 0 unspecified atom stereocenters. The molecular weight excluding hydrogens is 346 g/mol. The molecule has 142 valence electrons. The third-order valence-corrected chi connectivity index (χ3v) is 4.38. The zero-order valence-corrected chi connectivity index (χ0v) is 15.6. The quantitative estimate of drug-likeness (QED) is 0.789. The molecular formula is C20H23N3O4. The predicted octanol–water partition coefficient (Wildman–Crippen LogP) is 2.08. The molecule has 7 nitrogen and oxygen atoms in total. The molecule has 0 bridgehead atoms. The van der Waals surface area contributed by atoms with Crippen molar-refractivity contribution in [2.75, 3.05) is 32.7 Å². The molecule has 0 radical (unpaired) electrons. The molecule has 2 aromatic carbocycles. The van der Waals surface area contributed by atoms with E-state index >= 15 is 0 Å². The van der Waals surface area contributed by atoms with Crippen LogP contribution in [-0.4, -0.2) is 44.1 Å². The van der Waals surface area contributed by atoms with E-state index in [4.69, 9.17) is 9.47 Å². The van der Waals surface area contributed by atoms with E-state index in [9.17, 15) is 9.59 Å². The second-order valence-corrected chi connectivity index (χ2v) is 6.62. The van der Waals surface area contributed by atoms with Gasteiger partial charge in [0, 0.05) is 18.3 Å². The summed E-state index contributed by atoms with van der Waals surface area (Å²) in [5.74, 6) is -0.258. The molecule has 0 aliphatic carbocycles. The number of anilines is 1. The van der Waals surface area contributed by atoms with Crippen molar-refractivity contribution < 1.29 is 19.1 Å². The van der Waals surface area contributed by atoms with Crippen LogP contribution in [0.3, 0.4) is 0 Å². The highest BCUT2D eigenvalue weighted by Crippen LogP contribution is 2.34. The summed E-state index contributed by atoms with van der Waals surface area (Å²) in [5, 5.41) is 5.27. The number of likely N-dealkylation sites (N-methyl/N-ethyl adjacent to an activating group) is 1. The molecule has 1 atom stereocenters. The number of hydrogen-bond donors (Lipinski definition) is 2. The van der Waals surface area contributed by atoms with Gasteiger partial charge < -0.3 is 25.0 Å². The van der Waals surface area contributed by atoms with Crippen LogP contribution in [0.15, 0.2) is 42.5 Å². The van der Waals surface area contributed by atoms with E-state index in [0.29, 0.717) is 23.7 Å². The molecule has 1 heterocycles. The fraction of sp³-hybridized carbons (Fsp3) is 0.300. The lowest BCUT2D eigenvalue weighted by molar-refractivity contribution is -0.136. The fourth-order valence-corrected chi connectivity index (χ4v) is 2.82. The SMILES string of the molecule is Cc1ccc([C@@H](CNC(=O)C(=O)Nc2ccc3c(c2)OCO3)N(C)C)cc1. The maximum Gasteiger partial charge on any atom is 0.313 e. The highest BCUT2D eigenvalue weighted by molar-refractivity contribution is 6.39. The van der Waals surface area contributed by atoms with Gasteiger partial charge in [-0.15, -0.1) is 0 Å².